The van der Waals surface area contributed by atoms with E-state index in [0.717, 1.165) is 20.4 Å². The molecule has 3 aromatic carbocycles. The minimum atomic E-state index is -0.143. The number of ether oxygens (including phenoxy) is 1. The van der Waals surface area contributed by atoms with Crippen LogP contribution in [-0.4, -0.2) is 18.0 Å². The number of carbonyl (C=O) groups is 1. The maximum absolute atomic E-state index is 12.3. The van der Waals surface area contributed by atoms with E-state index in [1.807, 2.05) is 60.7 Å². The van der Waals surface area contributed by atoms with E-state index >= 15 is 0 Å². The first-order chi connectivity index (χ1) is 13.1. The Labute approximate surface area is 169 Å². The Morgan fingerprint density at radius 1 is 1.07 bits per heavy atom. The number of oxazole rings is 1. The Morgan fingerprint density at radius 3 is 2.63 bits per heavy atom. The highest BCUT2D eigenvalue weighted by molar-refractivity contribution is 14.1. The van der Waals surface area contributed by atoms with E-state index in [-0.39, 0.29) is 5.91 Å². The largest absolute Gasteiger partial charge is 0.497 e. The second-order valence-corrected chi connectivity index (χ2v) is 7.14. The number of hydrogen-bond acceptors (Lipinski definition) is 4. The number of aromatic nitrogens is 1. The maximum atomic E-state index is 12.3. The Balaban J connectivity index is 1.54. The van der Waals surface area contributed by atoms with Crippen molar-refractivity contribution in [3.63, 3.8) is 0 Å². The zero-order valence-corrected chi connectivity index (χ0v) is 16.6. The van der Waals surface area contributed by atoms with E-state index in [1.54, 1.807) is 13.2 Å². The number of benzene rings is 3. The first kappa shape index (κ1) is 17.5. The van der Waals surface area contributed by atoms with Crippen molar-refractivity contribution < 1.29 is 13.9 Å². The lowest BCUT2D eigenvalue weighted by molar-refractivity contribution is 0.102. The topological polar surface area (TPSA) is 64.4 Å². The number of anilines is 1. The zero-order valence-electron chi connectivity index (χ0n) is 14.4. The third-order valence-electron chi connectivity index (χ3n) is 4.07. The van der Waals surface area contributed by atoms with Crippen LogP contribution >= 0.6 is 22.6 Å². The number of hydrogen-bond donors (Lipinski definition) is 1. The first-order valence-corrected chi connectivity index (χ1v) is 9.32. The molecular formula is C21H15IN2O3. The van der Waals surface area contributed by atoms with Crippen LogP contribution < -0.4 is 10.1 Å². The third kappa shape index (κ3) is 3.80. The summed E-state index contributed by atoms with van der Waals surface area (Å²) in [6.45, 7) is 0. The molecule has 0 unspecified atom stereocenters. The molecular weight excluding hydrogens is 455 g/mol. The molecule has 0 atom stereocenters. The molecule has 0 radical (unpaired) electrons. The fraction of sp³-hybridized carbons (Fsp3) is 0.0476. The molecule has 5 nitrogen and oxygen atoms in total. The van der Waals surface area contributed by atoms with Gasteiger partial charge in [0.15, 0.2) is 5.58 Å². The molecule has 27 heavy (non-hydrogen) atoms. The minimum Gasteiger partial charge on any atom is -0.497 e. The van der Waals surface area contributed by atoms with Crippen molar-refractivity contribution in [2.24, 2.45) is 0 Å². The van der Waals surface area contributed by atoms with Gasteiger partial charge in [-0.3, -0.25) is 4.79 Å². The van der Waals surface area contributed by atoms with E-state index in [2.05, 4.69) is 32.9 Å². The Morgan fingerprint density at radius 2 is 1.89 bits per heavy atom. The van der Waals surface area contributed by atoms with Crippen molar-refractivity contribution >= 4 is 45.3 Å². The molecule has 1 N–H and O–H groups in total. The molecule has 0 aliphatic rings. The number of halogens is 1. The van der Waals surface area contributed by atoms with E-state index < -0.39 is 0 Å². The standard InChI is InChI=1S/C21H15IN2O3/c1-26-17-9-10-19-18(12-17)24-21(27-19)13-5-7-16(8-6-13)23-20(25)14-3-2-4-15(22)11-14/h2-12H,1H3,(H,23,25). The second-order valence-electron chi connectivity index (χ2n) is 5.89. The fourth-order valence-electron chi connectivity index (χ4n) is 2.69. The molecule has 0 fully saturated rings. The van der Waals surface area contributed by atoms with Gasteiger partial charge in [-0.05, 0) is 77.2 Å². The molecule has 0 saturated carbocycles. The van der Waals surface area contributed by atoms with Crippen LogP contribution in [0.3, 0.4) is 0 Å². The van der Waals surface area contributed by atoms with Crippen LogP contribution in [0.15, 0.2) is 71.1 Å². The number of rotatable bonds is 4. The molecule has 0 bridgehead atoms. The molecule has 1 aromatic heterocycles. The summed E-state index contributed by atoms with van der Waals surface area (Å²) >= 11 is 2.19. The van der Waals surface area contributed by atoms with Gasteiger partial charge in [-0.1, -0.05) is 6.07 Å². The average molecular weight is 470 g/mol. The van der Waals surface area contributed by atoms with Crippen LogP contribution in [0, 0.1) is 3.57 Å². The SMILES string of the molecule is COc1ccc2oc(-c3ccc(NC(=O)c4cccc(I)c4)cc3)nc2c1. The highest BCUT2D eigenvalue weighted by atomic mass is 127. The van der Waals surface area contributed by atoms with Crippen LogP contribution in [0.4, 0.5) is 5.69 Å². The molecule has 0 aliphatic heterocycles. The summed E-state index contributed by atoms with van der Waals surface area (Å²) in [6.07, 6.45) is 0. The molecule has 4 rings (SSSR count). The van der Waals surface area contributed by atoms with Gasteiger partial charge in [0.2, 0.25) is 5.89 Å². The number of nitrogens with zero attached hydrogens (tertiary/aromatic N) is 1. The number of nitrogens with one attached hydrogen (secondary N) is 1. The summed E-state index contributed by atoms with van der Waals surface area (Å²) in [5.41, 5.74) is 3.60. The molecule has 0 spiro atoms. The smallest absolute Gasteiger partial charge is 0.255 e. The van der Waals surface area contributed by atoms with Crippen molar-refractivity contribution in [2.45, 2.75) is 0 Å². The number of fused-ring (bicyclic) bond motifs is 1. The Kier molecular flexibility index (Phi) is 4.81. The first-order valence-electron chi connectivity index (χ1n) is 8.24. The van der Waals surface area contributed by atoms with Gasteiger partial charge in [0.1, 0.15) is 11.3 Å². The maximum Gasteiger partial charge on any atom is 0.255 e. The van der Waals surface area contributed by atoms with E-state index in [1.165, 1.54) is 0 Å². The van der Waals surface area contributed by atoms with Gasteiger partial charge in [0.25, 0.3) is 5.91 Å². The second kappa shape index (κ2) is 7.40. The highest BCUT2D eigenvalue weighted by Crippen LogP contribution is 2.27. The quantitative estimate of drug-likeness (QED) is 0.408. The summed E-state index contributed by atoms with van der Waals surface area (Å²) in [5.74, 6) is 1.11. The van der Waals surface area contributed by atoms with Crippen LogP contribution in [-0.2, 0) is 0 Å². The van der Waals surface area contributed by atoms with Gasteiger partial charge in [-0.25, -0.2) is 4.98 Å². The predicted octanol–water partition coefficient (Wildman–Crippen LogP) is 5.36. The van der Waals surface area contributed by atoms with Crippen molar-refractivity contribution in [1.29, 1.82) is 0 Å². The Bertz CT molecular complexity index is 1120. The fourth-order valence-corrected chi connectivity index (χ4v) is 3.23. The van der Waals surface area contributed by atoms with Crippen LogP contribution in [0.1, 0.15) is 10.4 Å². The number of methoxy groups -OCH3 is 1. The molecule has 4 aromatic rings. The van der Waals surface area contributed by atoms with Gasteiger partial charge < -0.3 is 14.5 Å². The zero-order chi connectivity index (χ0) is 18.8. The summed E-state index contributed by atoms with van der Waals surface area (Å²) < 4.78 is 12.0. The minimum absolute atomic E-state index is 0.143. The Hall–Kier alpha value is -2.87. The van der Waals surface area contributed by atoms with E-state index in [4.69, 9.17) is 9.15 Å². The van der Waals surface area contributed by atoms with Crippen molar-refractivity contribution in [3.8, 4) is 17.2 Å². The summed E-state index contributed by atoms with van der Waals surface area (Å²) in [6, 6.07) is 20.3. The van der Waals surface area contributed by atoms with Gasteiger partial charge >= 0.3 is 0 Å². The lowest BCUT2D eigenvalue weighted by Crippen LogP contribution is -2.11. The van der Waals surface area contributed by atoms with Crippen LogP contribution in [0.5, 0.6) is 5.75 Å². The van der Waals surface area contributed by atoms with Crippen molar-refractivity contribution in [3.05, 3.63) is 75.9 Å². The normalized spacial score (nSPS) is 10.7. The summed E-state index contributed by atoms with van der Waals surface area (Å²) in [7, 11) is 1.62. The van der Waals surface area contributed by atoms with Gasteiger partial charge in [0.05, 0.1) is 7.11 Å². The predicted molar refractivity (Wildman–Crippen MR) is 113 cm³/mol. The van der Waals surface area contributed by atoms with Crippen LogP contribution in [0.25, 0.3) is 22.6 Å². The number of carbonyl (C=O) groups excluding carboxylic acids is 1. The van der Waals surface area contributed by atoms with Gasteiger partial charge in [-0.15, -0.1) is 0 Å². The summed E-state index contributed by atoms with van der Waals surface area (Å²) in [5, 5.41) is 2.90. The molecule has 0 aliphatic carbocycles. The summed E-state index contributed by atoms with van der Waals surface area (Å²) in [4.78, 5) is 16.8. The molecule has 0 saturated heterocycles. The molecule has 1 amide bonds. The van der Waals surface area contributed by atoms with E-state index in [9.17, 15) is 4.79 Å². The van der Waals surface area contributed by atoms with Crippen molar-refractivity contribution in [1.82, 2.24) is 4.98 Å². The van der Waals surface area contributed by atoms with Crippen LogP contribution in [0.2, 0.25) is 0 Å². The van der Waals surface area contributed by atoms with Gasteiger partial charge in [-0.2, -0.15) is 0 Å². The molecule has 6 heteroatoms. The lowest BCUT2D eigenvalue weighted by atomic mass is 10.2. The molecule has 134 valence electrons. The van der Waals surface area contributed by atoms with Crippen molar-refractivity contribution in [2.75, 3.05) is 12.4 Å². The third-order valence-corrected chi connectivity index (χ3v) is 4.74. The highest BCUT2D eigenvalue weighted by Gasteiger charge is 2.10. The monoisotopic (exact) mass is 470 g/mol. The lowest BCUT2D eigenvalue weighted by Gasteiger charge is -2.06. The molecule has 1 heterocycles. The number of amides is 1. The average Bonchev–Trinajstić information content (AvgIpc) is 3.11. The van der Waals surface area contributed by atoms with Gasteiger partial charge in [0, 0.05) is 26.5 Å². The van der Waals surface area contributed by atoms with E-state index in [0.29, 0.717) is 22.7 Å².